The summed E-state index contributed by atoms with van der Waals surface area (Å²) in [5.41, 5.74) is 3.89. The second-order valence-corrected chi connectivity index (χ2v) is 9.66. The van der Waals surface area contributed by atoms with E-state index in [4.69, 9.17) is 0 Å². The van der Waals surface area contributed by atoms with E-state index < -0.39 is 0 Å². The maximum absolute atomic E-state index is 12.1. The molecule has 4 aromatic rings. The molecule has 3 aromatic heterocycles. The van der Waals surface area contributed by atoms with Crippen LogP contribution >= 0.6 is 0 Å². The van der Waals surface area contributed by atoms with E-state index in [0.29, 0.717) is 29.1 Å². The monoisotopic (exact) mass is 483 g/mol. The van der Waals surface area contributed by atoms with Crippen molar-refractivity contribution in [2.24, 2.45) is 0 Å². The maximum Gasteiger partial charge on any atom is 0.258 e. The Bertz CT molecular complexity index is 1430. The molecule has 184 valence electrons. The third kappa shape index (κ3) is 4.42. The summed E-state index contributed by atoms with van der Waals surface area (Å²) >= 11 is 0. The van der Waals surface area contributed by atoms with Crippen molar-refractivity contribution in [1.82, 2.24) is 29.6 Å². The maximum atomic E-state index is 12.1. The van der Waals surface area contributed by atoms with Gasteiger partial charge in [0.1, 0.15) is 5.52 Å². The molecule has 2 saturated heterocycles. The van der Waals surface area contributed by atoms with Gasteiger partial charge in [0.05, 0.1) is 17.9 Å². The number of rotatable bonds is 6. The Kier molecular flexibility index (Phi) is 6.06. The smallest absolute Gasteiger partial charge is 0.258 e. The van der Waals surface area contributed by atoms with Gasteiger partial charge in [0.15, 0.2) is 5.82 Å². The Morgan fingerprint density at radius 2 is 1.83 bits per heavy atom. The molecule has 1 amide bonds. The molecule has 9 nitrogen and oxygen atoms in total. The molecule has 2 fully saturated rings. The highest BCUT2D eigenvalue weighted by Gasteiger charge is 2.23. The van der Waals surface area contributed by atoms with E-state index in [1.54, 1.807) is 16.9 Å². The van der Waals surface area contributed by atoms with Crippen molar-refractivity contribution in [2.75, 3.05) is 31.1 Å². The number of amides is 1. The summed E-state index contributed by atoms with van der Waals surface area (Å²) in [4.78, 5) is 39.8. The van der Waals surface area contributed by atoms with Crippen molar-refractivity contribution in [2.45, 2.75) is 38.0 Å². The number of nitrogens with one attached hydrogen (secondary N) is 1. The van der Waals surface area contributed by atoms with Crippen LogP contribution in [0.25, 0.3) is 16.7 Å². The van der Waals surface area contributed by atoms with Gasteiger partial charge in [-0.15, -0.1) is 0 Å². The number of hydrogen-bond acceptors (Lipinski definition) is 6. The van der Waals surface area contributed by atoms with Gasteiger partial charge in [-0.05, 0) is 74.0 Å². The first-order valence-corrected chi connectivity index (χ1v) is 12.6. The molecule has 0 aliphatic carbocycles. The third-order valence-electron chi connectivity index (χ3n) is 7.45. The highest BCUT2D eigenvalue weighted by molar-refractivity contribution is 5.95. The van der Waals surface area contributed by atoms with Crippen molar-refractivity contribution in [3.8, 4) is 5.82 Å². The quantitative estimate of drug-likeness (QED) is 0.453. The number of anilines is 1. The van der Waals surface area contributed by atoms with Crippen LogP contribution in [0.4, 0.5) is 5.69 Å². The number of fused-ring (bicyclic) bond motifs is 1. The Morgan fingerprint density at radius 3 is 2.61 bits per heavy atom. The standard InChI is InChI=1S/C27H29N7O2/c35-24-2-1-12-33(24)22-5-3-20(4-6-22)21-9-14-32(15-10-21)13-8-19-16-31-34(17-19)26-25-23(7-11-28-26)27(36)30-18-29-25/h3-7,11,16-18,21H,1-2,8-10,12-15H2,(H,29,30,36). The number of H-pyrrole nitrogens is 1. The molecule has 6 rings (SSSR count). The summed E-state index contributed by atoms with van der Waals surface area (Å²) in [7, 11) is 0. The fraction of sp³-hybridized carbons (Fsp3) is 0.370. The number of likely N-dealkylation sites (tertiary alicyclic amines) is 1. The van der Waals surface area contributed by atoms with E-state index >= 15 is 0 Å². The van der Waals surface area contributed by atoms with Gasteiger partial charge in [0.2, 0.25) is 5.91 Å². The summed E-state index contributed by atoms with van der Waals surface area (Å²) in [5, 5.41) is 4.98. The van der Waals surface area contributed by atoms with Crippen LogP contribution in [0.2, 0.25) is 0 Å². The molecule has 0 atom stereocenters. The first-order valence-electron chi connectivity index (χ1n) is 12.6. The molecule has 36 heavy (non-hydrogen) atoms. The average Bonchev–Trinajstić information content (AvgIpc) is 3.57. The molecule has 2 aliphatic rings. The highest BCUT2D eigenvalue weighted by Crippen LogP contribution is 2.30. The zero-order chi connectivity index (χ0) is 24.5. The number of aromatic amines is 1. The molecule has 9 heteroatoms. The van der Waals surface area contributed by atoms with Crippen LogP contribution in [0.5, 0.6) is 0 Å². The Morgan fingerprint density at radius 1 is 1.00 bits per heavy atom. The van der Waals surface area contributed by atoms with Gasteiger partial charge in [-0.2, -0.15) is 5.10 Å². The van der Waals surface area contributed by atoms with E-state index in [2.05, 4.69) is 49.2 Å². The molecular formula is C27H29N7O2. The van der Waals surface area contributed by atoms with Gasteiger partial charge >= 0.3 is 0 Å². The summed E-state index contributed by atoms with van der Waals surface area (Å²) in [6.45, 7) is 3.96. The third-order valence-corrected chi connectivity index (χ3v) is 7.45. The molecule has 0 spiro atoms. The van der Waals surface area contributed by atoms with E-state index in [1.807, 2.05) is 17.3 Å². The predicted molar refractivity (Wildman–Crippen MR) is 137 cm³/mol. The summed E-state index contributed by atoms with van der Waals surface area (Å²) in [6.07, 6.45) is 11.7. The fourth-order valence-electron chi connectivity index (χ4n) is 5.38. The van der Waals surface area contributed by atoms with Crippen LogP contribution in [0.1, 0.15) is 42.7 Å². The fourth-order valence-corrected chi connectivity index (χ4v) is 5.38. The topological polar surface area (TPSA) is 100 Å². The van der Waals surface area contributed by atoms with Crippen molar-refractivity contribution in [1.29, 1.82) is 0 Å². The second-order valence-electron chi connectivity index (χ2n) is 9.66. The normalized spacial score (nSPS) is 17.3. The van der Waals surface area contributed by atoms with Crippen LogP contribution in [-0.4, -0.2) is 61.7 Å². The first-order chi connectivity index (χ1) is 17.7. The number of carbonyl (C=O) groups excluding carboxylic acids is 1. The van der Waals surface area contributed by atoms with Gasteiger partial charge in [0.25, 0.3) is 5.56 Å². The van der Waals surface area contributed by atoms with E-state index in [9.17, 15) is 9.59 Å². The number of benzene rings is 1. The van der Waals surface area contributed by atoms with Crippen LogP contribution in [0.3, 0.4) is 0 Å². The molecule has 0 radical (unpaired) electrons. The zero-order valence-electron chi connectivity index (χ0n) is 20.1. The summed E-state index contributed by atoms with van der Waals surface area (Å²) in [6, 6.07) is 10.3. The lowest BCUT2D eigenvalue weighted by Crippen LogP contribution is -2.34. The van der Waals surface area contributed by atoms with Crippen molar-refractivity contribution < 1.29 is 4.79 Å². The minimum atomic E-state index is -0.183. The lowest BCUT2D eigenvalue weighted by atomic mass is 9.89. The molecule has 0 bridgehead atoms. The highest BCUT2D eigenvalue weighted by atomic mass is 16.2. The Balaban J connectivity index is 1.04. The summed E-state index contributed by atoms with van der Waals surface area (Å²) in [5.74, 6) is 1.37. The minimum Gasteiger partial charge on any atom is -0.313 e. The van der Waals surface area contributed by atoms with Crippen molar-refractivity contribution >= 4 is 22.5 Å². The molecule has 5 heterocycles. The molecular weight excluding hydrogens is 454 g/mol. The van der Waals surface area contributed by atoms with Crippen molar-refractivity contribution in [3.05, 3.63) is 76.7 Å². The predicted octanol–water partition coefficient (Wildman–Crippen LogP) is 3.05. The lowest BCUT2D eigenvalue weighted by molar-refractivity contribution is -0.117. The number of nitrogens with zero attached hydrogens (tertiary/aromatic N) is 6. The van der Waals surface area contributed by atoms with Gasteiger partial charge < -0.3 is 14.8 Å². The number of piperidine rings is 1. The minimum absolute atomic E-state index is 0.183. The summed E-state index contributed by atoms with van der Waals surface area (Å²) < 4.78 is 1.70. The Labute approximate surface area is 208 Å². The van der Waals surface area contributed by atoms with Crippen LogP contribution in [0, 0.1) is 0 Å². The molecule has 1 aromatic carbocycles. The molecule has 2 aliphatic heterocycles. The number of pyridine rings is 1. The lowest BCUT2D eigenvalue weighted by Gasteiger charge is -2.32. The molecule has 1 N–H and O–H groups in total. The molecule has 0 saturated carbocycles. The second kappa shape index (κ2) is 9.66. The largest absolute Gasteiger partial charge is 0.313 e. The van der Waals surface area contributed by atoms with Crippen LogP contribution < -0.4 is 10.5 Å². The van der Waals surface area contributed by atoms with Gasteiger partial charge in [-0.25, -0.2) is 14.6 Å². The van der Waals surface area contributed by atoms with Crippen LogP contribution in [-0.2, 0) is 11.2 Å². The van der Waals surface area contributed by atoms with Crippen LogP contribution in [0.15, 0.2) is 60.0 Å². The van der Waals surface area contributed by atoms with E-state index in [0.717, 1.165) is 63.1 Å². The van der Waals surface area contributed by atoms with Gasteiger partial charge in [-0.3, -0.25) is 9.59 Å². The Hall–Kier alpha value is -3.85. The first kappa shape index (κ1) is 22.6. The number of aromatic nitrogens is 5. The van der Waals surface area contributed by atoms with Crippen molar-refractivity contribution in [3.63, 3.8) is 0 Å². The zero-order valence-corrected chi connectivity index (χ0v) is 20.1. The SMILES string of the molecule is O=C1CCCN1c1ccc(C2CCN(CCc3cnn(-c4nccc5c(=O)[nH]cnc45)c3)CC2)cc1. The number of hydrogen-bond donors (Lipinski definition) is 1. The number of carbonyl (C=O) groups is 1. The van der Waals surface area contributed by atoms with E-state index in [-0.39, 0.29) is 11.5 Å². The molecule has 0 unspecified atom stereocenters. The average molecular weight is 484 g/mol. The van der Waals surface area contributed by atoms with E-state index in [1.165, 1.54) is 11.9 Å². The van der Waals surface area contributed by atoms with Gasteiger partial charge in [0, 0.05) is 37.6 Å². The van der Waals surface area contributed by atoms with Gasteiger partial charge in [-0.1, -0.05) is 12.1 Å².